The van der Waals surface area contributed by atoms with E-state index in [2.05, 4.69) is 31.2 Å². The first-order valence-corrected chi connectivity index (χ1v) is 7.20. The van der Waals surface area contributed by atoms with E-state index in [1.54, 1.807) is 0 Å². The van der Waals surface area contributed by atoms with E-state index in [0.29, 0.717) is 0 Å². The molecular formula is C16H27NO. The van der Waals surface area contributed by atoms with Crippen LogP contribution in [-0.2, 0) is 12.8 Å². The molecule has 1 aromatic carbocycles. The molecule has 1 atom stereocenters. The first-order chi connectivity index (χ1) is 8.76. The van der Waals surface area contributed by atoms with Crippen LogP contribution in [0.2, 0.25) is 0 Å². The first-order valence-electron chi connectivity index (χ1n) is 7.20. The third-order valence-electron chi connectivity index (χ3n) is 3.32. The number of aliphatic hydroxyl groups excluding tert-OH is 1. The lowest BCUT2D eigenvalue weighted by atomic mass is 10.0. The zero-order valence-corrected chi connectivity index (χ0v) is 11.6. The smallest absolute Gasteiger partial charge is 0.0585 e. The fraction of sp³-hybridized carbons (Fsp3) is 0.625. The van der Waals surface area contributed by atoms with Crippen LogP contribution < -0.4 is 5.73 Å². The van der Waals surface area contributed by atoms with Gasteiger partial charge in [-0.05, 0) is 30.4 Å². The normalized spacial score (nSPS) is 12.6. The Morgan fingerprint density at radius 1 is 1.00 bits per heavy atom. The lowest BCUT2D eigenvalue weighted by Gasteiger charge is -2.08. The molecule has 0 radical (unpaired) electrons. The Hall–Kier alpha value is -0.860. The molecule has 0 spiro atoms. The van der Waals surface area contributed by atoms with Gasteiger partial charge in [0.25, 0.3) is 0 Å². The molecule has 1 rings (SSSR count). The Balaban J connectivity index is 2.27. The maximum atomic E-state index is 8.91. The van der Waals surface area contributed by atoms with E-state index in [1.165, 1.54) is 49.7 Å². The Morgan fingerprint density at radius 3 is 2.22 bits per heavy atom. The summed E-state index contributed by atoms with van der Waals surface area (Å²) in [4.78, 5) is 0. The molecule has 0 unspecified atom stereocenters. The second-order valence-corrected chi connectivity index (χ2v) is 5.13. The topological polar surface area (TPSA) is 46.2 Å². The number of hydrogen-bond donors (Lipinski definition) is 2. The van der Waals surface area contributed by atoms with Crippen molar-refractivity contribution in [3.63, 3.8) is 0 Å². The number of nitrogens with two attached hydrogens (primary N) is 1. The molecule has 0 amide bonds. The Kier molecular flexibility index (Phi) is 7.70. The van der Waals surface area contributed by atoms with Crippen LogP contribution in [0.1, 0.15) is 50.2 Å². The van der Waals surface area contributed by atoms with Gasteiger partial charge >= 0.3 is 0 Å². The van der Waals surface area contributed by atoms with Gasteiger partial charge in [-0.15, -0.1) is 0 Å². The summed E-state index contributed by atoms with van der Waals surface area (Å²) in [5, 5.41) is 8.91. The number of benzene rings is 1. The largest absolute Gasteiger partial charge is 0.395 e. The molecule has 0 aromatic heterocycles. The minimum atomic E-state index is -0.134. The molecule has 0 heterocycles. The van der Waals surface area contributed by atoms with Gasteiger partial charge in [-0.2, -0.15) is 0 Å². The molecule has 18 heavy (non-hydrogen) atoms. The monoisotopic (exact) mass is 249 g/mol. The minimum Gasteiger partial charge on any atom is -0.395 e. The van der Waals surface area contributed by atoms with Crippen molar-refractivity contribution in [2.45, 2.75) is 57.9 Å². The predicted molar refractivity (Wildman–Crippen MR) is 77.7 cm³/mol. The molecule has 0 aliphatic rings. The number of aryl methyl sites for hydroxylation is 1. The molecule has 0 bridgehead atoms. The van der Waals surface area contributed by atoms with E-state index in [0.717, 1.165) is 6.42 Å². The van der Waals surface area contributed by atoms with Crippen LogP contribution in [0.25, 0.3) is 0 Å². The summed E-state index contributed by atoms with van der Waals surface area (Å²) in [6, 6.07) is 8.52. The van der Waals surface area contributed by atoms with Gasteiger partial charge in [-0.1, -0.05) is 56.9 Å². The lowest BCUT2D eigenvalue weighted by molar-refractivity contribution is 0.265. The van der Waals surface area contributed by atoms with Crippen molar-refractivity contribution in [2.24, 2.45) is 5.73 Å². The summed E-state index contributed by atoms with van der Waals surface area (Å²) in [6.45, 7) is 2.30. The Morgan fingerprint density at radius 2 is 1.61 bits per heavy atom. The molecule has 2 nitrogen and oxygen atoms in total. The number of unbranched alkanes of at least 4 members (excludes halogenated alkanes) is 4. The Labute approximate surface area is 111 Å². The van der Waals surface area contributed by atoms with Crippen LogP contribution >= 0.6 is 0 Å². The van der Waals surface area contributed by atoms with Gasteiger partial charge in [0.1, 0.15) is 0 Å². The van der Waals surface area contributed by atoms with Crippen molar-refractivity contribution in [1.82, 2.24) is 0 Å². The second kappa shape index (κ2) is 9.12. The summed E-state index contributed by atoms with van der Waals surface area (Å²) in [5.74, 6) is 0. The molecule has 3 N–H and O–H groups in total. The summed E-state index contributed by atoms with van der Waals surface area (Å²) in [7, 11) is 0. The van der Waals surface area contributed by atoms with E-state index < -0.39 is 0 Å². The highest BCUT2D eigenvalue weighted by Crippen LogP contribution is 2.11. The van der Waals surface area contributed by atoms with Crippen molar-refractivity contribution < 1.29 is 5.11 Å². The highest BCUT2D eigenvalue weighted by atomic mass is 16.3. The van der Waals surface area contributed by atoms with Gasteiger partial charge < -0.3 is 10.8 Å². The molecule has 0 fully saturated rings. The average Bonchev–Trinajstić information content (AvgIpc) is 2.40. The van der Waals surface area contributed by atoms with Crippen molar-refractivity contribution in [1.29, 1.82) is 0 Å². The summed E-state index contributed by atoms with van der Waals surface area (Å²) < 4.78 is 0. The van der Waals surface area contributed by atoms with E-state index in [1.807, 2.05) is 0 Å². The van der Waals surface area contributed by atoms with Gasteiger partial charge in [-0.25, -0.2) is 0 Å². The lowest BCUT2D eigenvalue weighted by Crippen LogP contribution is -2.26. The summed E-state index contributed by atoms with van der Waals surface area (Å²) in [5.41, 5.74) is 8.34. The number of hydrogen-bond acceptors (Lipinski definition) is 2. The van der Waals surface area contributed by atoms with Crippen molar-refractivity contribution in [3.8, 4) is 0 Å². The predicted octanol–water partition coefficient (Wildman–Crippen LogP) is 3.06. The number of aliphatic hydroxyl groups is 1. The fourth-order valence-corrected chi connectivity index (χ4v) is 2.14. The SMILES string of the molecule is CCCCCCCc1ccc(C[C@H](N)CO)cc1. The molecule has 0 aliphatic carbocycles. The maximum absolute atomic E-state index is 8.91. The third kappa shape index (κ3) is 6.18. The first kappa shape index (κ1) is 15.2. The van der Waals surface area contributed by atoms with Gasteiger partial charge in [0, 0.05) is 6.04 Å². The maximum Gasteiger partial charge on any atom is 0.0585 e. The van der Waals surface area contributed by atoms with Crippen molar-refractivity contribution >= 4 is 0 Å². The average molecular weight is 249 g/mol. The van der Waals surface area contributed by atoms with E-state index >= 15 is 0 Å². The minimum absolute atomic E-state index is 0.0547. The zero-order valence-electron chi connectivity index (χ0n) is 11.6. The van der Waals surface area contributed by atoms with Crippen LogP contribution in [0.5, 0.6) is 0 Å². The van der Waals surface area contributed by atoms with Crippen LogP contribution in [0.4, 0.5) is 0 Å². The van der Waals surface area contributed by atoms with Crippen LogP contribution in [0, 0.1) is 0 Å². The van der Waals surface area contributed by atoms with Crippen molar-refractivity contribution in [2.75, 3.05) is 6.61 Å². The second-order valence-electron chi connectivity index (χ2n) is 5.13. The number of rotatable bonds is 9. The highest BCUT2D eigenvalue weighted by molar-refractivity contribution is 5.23. The quantitative estimate of drug-likeness (QED) is 0.661. The van der Waals surface area contributed by atoms with Crippen LogP contribution in [0.15, 0.2) is 24.3 Å². The summed E-state index contributed by atoms with van der Waals surface area (Å²) in [6.07, 6.45) is 8.58. The van der Waals surface area contributed by atoms with Gasteiger partial charge in [0.2, 0.25) is 0 Å². The van der Waals surface area contributed by atoms with E-state index in [-0.39, 0.29) is 12.6 Å². The fourth-order valence-electron chi connectivity index (χ4n) is 2.14. The molecule has 0 aliphatic heterocycles. The highest BCUT2D eigenvalue weighted by Gasteiger charge is 2.02. The standard InChI is InChI=1S/C16H27NO/c1-2-3-4-5-6-7-14-8-10-15(11-9-14)12-16(17)13-18/h8-11,16,18H,2-7,12-13,17H2,1H3/t16-/m0/s1. The third-order valence-corrected chi connectivity index (χ3v) is 3.32. The van der Waals surface area contributed by atoms with Gasteiger partial charge in [0.15, 0.2) is 0 Å². The molecule has 102 valence electrons. The van der Waals surface area contributed by atoms with E-state index in [9.17, 15) is 0 Å². The molecular weight excluding hydrogens is 222 g/mol. The van der Waals surface area contributed by atoms with Crippen LogP contribution in [0.3, 0.4) is 0 Å². The molecule has 0 saturated carbocycles. The molecule has 1 aromatic rings. The van der Waals surface area contributed by atoms with E-state index in [4.69, 9.17) is 10.8 Å². The molecule has 2 heteroatoms. The van der Waals surface area contributed by atoms with Gasteiger partial charge in [-0.3, -0.25) is 0 Å². The van der Waals surface area contributed by atoms with Gasteiger partial charge in [0.05, 0.1) is 6.61 Å². The molecule has 0 saturated heterocycles. The van der Waals surface area contributed by atoms with Crippen LogP contribution in [-0.4, -0.2) is 17.8 Å². The zero-order chi connectivity index (χ0) is 13.2. The Bertz CT molecular complexity index is 307. The summed E-state index contributed by atoms with van der Waals surface area (Å²) >= 11 is 0. The van der Waals surface area contributed by atoms with Crippen molar-refractivity contribution in [3.05, 3.63) is 35.4 Å².